The molecule has 0 radical (unpaired) electrons. The summed E-state index contributed by atoms with van der Waals surface area (Å²) in [5.41, 5.74) is -0.531. The van der Waals surface area contributed by atoms with Gasteiger partial charge < -0.3 is 14.5 Å². The monoisotopic (exact) mass is 296 g/mol. The third-order valence-corrected chi connectivity index (χ3v) is 4.41. The third-order valence-electron chi connectivity index (χ3n) is 4.41. The molecule has 120 valence electrons. The number of hydrogen-bond acceptors (Lipinski definition) is 3. The molecule has 1 aliphatic carbocycles. The Hall–Kier alpha value is -1.26. The van der Waals surface area contributed by atoms with Gasteiger partial charge in [0.2, 0.25) is 5.91 Å². The van der Waals surface area contributed by atoms with Crippen LogP contribution in [0.5, 0.6) is 0 Å². The molecule has 1 saturated heterocycles. The van der Waals surface area contributed by atoms with Gasteiger partial charge >= 0.3 is 6.09 Å². The van der Waals surface area contributed by atoms with Crippen LogP contribution in [0.15, 0.2) is 0 Å². The smallest absolute Gasteiger partial charge is 0.410 e. The van der Waals surface area contributed by atoms with Crippen molar-refractivity contribution in [3.63, 3.8) is 0 Å². The number of likely N-dealkylation sites (tertiary alicyclic amines) is 1. The van der Waals surface area contributed by atoms with Crippen molar-refractivity contribution in [2.24, 2.45) is 5.92 Å². The van der Waals surface area contributed by atoms with E-state index in [1.54, 1.807) is 7.05 Å². The van der Waals surface area contributed by atoms with E-state index in [4.69, 9.17) is 4.74 Å². The Morgan fingerprint density at radius 3 is 2.52 bits per heavy atom. The zero-order chi connectivity index (χ0) is 15.6. The van der Waals surface area contributed by atoms with Gasteiger partial charge in [-0.3, -0.25) is 4.79 Å². The maximum absolute atomic E-state index is 12.5. The molecule has 5 nitrogen and oxygen atoms in total. The second-order valence-electron chi connectivity index (χ2n) is 7.32. The summed E-state index contributed by atoms with van der Waals surface area (Å²) < 4.78 is 5.29. The predicted molar refractivity (Wildman–Crippen MR) is 80.9 cm³/mol. The van der Waals surface area contributed by atoms with Crippen LogP contribution < -0.4 is 0 Å². The first kappa shape index (κ1) is 16.1. The second-order valence-corrected chi connectivity index (χ2v) is 7.32. The van der Waals surface area contributed by atoms with Crippen LogP contribution in [0.1, 0.15) is 52.9 Å². The number of hydrogen-bond donors (Lipinski definition) is 0. The minimum absolute atomic E-state index is 0.0535. The molecule has 0 spiro atoms. The summed E-state index contributed by atoms with van der Waals surface area (Å²) in [6.07, 6.45) is 5.55. The lowest BCUT2D eigenvalue weighted by Crippen LogP contribution is -2.46. The molecule has 0 bridgehead atoms. The Labute approximate surface area is 127 Å². The molecule has 5 heteroatoms. The lowest BCUT2D eigenvalue weighted by molar-refractivity contribution is -0.133. The van der Waals surface area contributed by atoms with Crippen LogP contribution in [0.4, 0.5) is 4.79 Å². The van der Waals surface area contributed by atoms with Crippen LogP contribution >= 0.6 is 0 Å². The highest BCUT2D eigenvalue weighted by atomic mass is 16.6. The topological polar surface area (TPSA) is 49.9 Å². The van der Waals surface area contributed by atoms with Crippen molar-refractivity contribution in [1.82, 2.24) is 9.80 Å². The highest BCUT2D eigenvalue weighted by molar-refractivity contribution is 5.82. The van der Waals surface area contributed by atoms with Gasteiger partial charge in [0.25, 0.3) is 0 Å². The van der Waals surface area contributed by atoms with E-state index in [1.165, 1.54) is 24.2 Å². The number of fused-ring (bicyclic) bond motifs is 1. The largest absolute Gasteiger partial charge is 0.444 e. The lowest BCUT2D eigenvalue weighted by Gasteiger charge is -2.33. The average molecular weight is 296 g/mol. The Morgan fingerprint density at radius 2 is 1.86 bits per heavy atom. The maximum Gasteiger partial charge on any atom is 0.410 e. The molecule has 21 heavy (non-hydrogen) atoms. The van der Waals surface area contributed by atoms with Gasteiger partial charge in [0.05, 0.1) is 0 Å². The summed E-state index contributed by atoms with van der Waals surface area (Å²) in [4.78, 5) is 27.8. The van der Waals surface area contributed by atoms with Crippen LogP contribution in [0.3, 0.4) is 0 Å². The molecule has 0 aromatic rings. The standard InChI is InChI=1S/C16H28N2O3/c1-16(2,3)21-15(20)17(4)11-14(19)18-10-9-12-7-5-6-8-13(12)18/h12-13H,5-11H2,1-4H3/t12-,13-/m1/s1. The summed E-state index contributed by atoms with van der Waals surface area (Å²) in [5, 5.41) is 0. The first-order chi connectivity index (χ1) is 9.78. The molecule has 1 aliphatic heterocycles. The minimum atomic E-state index is -0.531. The van der Waals surface area contributed by atoms with Crippen molar-refractivity contribution in [3.8, 4) is 0 Å². The van der Waals surface area contributed by atoms with Gasteiger partial charge in [0.1, 0.15) is 12.1 Å². The molecule has 1 saturated carbocycles. The summed E-state index contributed by atoms with van der Waals surface area (Å²) in [5.74, 6) is 0.729. The normalized spacial score (nSPS) is 25.4. The highest BCUT2D eigenvalue weighted by Gasteiger charge is 2.38. The first-order valence-corrected chi connectivity index (χ1v) is 8.01. The number of amides is 2. The maximum atomic E-state index is 12.5. The number of carbonyl (C=O) groups excluding carboxylic acids is 2. The van der Waals surface area contributed by atoms with E-state index in [2.05, 4.69) is 0 Å². The van der Waals surface area contributed by atoms with E-state index in [9.17, 15) is 9.59 Å². The second kappa shape index (κ2) is 6.24. The molecule has 0 aromatic carbocycles. The van der Waals surface area contributed by atoms with Gasteiger partial charge in [-0.05, 0) is 46.0 Å². The first-order valence-electron chi connectivity index (χ1n) is 8.01. The van der Waals surface area contributed by atoms with Crippen molar-refractivity contribution < 1.29 is 14.3 Å². The molecule has 0 unspecified atom stereocenters. The zero-order valence-electron chi connectivity index (χ0n) is 13.7. The lowest BCUT2D eigenvalue weighted by atomic mass is 9.85. The Bertz CT molecular complexity index is 403. The van der Waals surface area contributed by atoms with E-state index >= 15 is 0 Å². The Kier molecular flexibility index (Phi) is 4.79. The van der Waals surface area contributed by atoms with Crippen molar-refractivity contribution in [1.29, 1.82) is 0 Å². The molecule has 0 aromatic heterocycles. The molecular weight excluding hydrogens is 268 g/mol. The fourth-order valence-electron chi connectivity index (χ4n) is 3.41. The molecule has 2 atom stereocenters. The SMILES string of the molecule is CN(CC(=O)N1CC[C@H]2CCCC[C@H]21)C(=O)OC(C)(C)C. The van der Waals surface area contributed by atoms with Crippen LogP contribution in [0, 0.1) is 5.92 Å². The number of ether oxygens (including phenoxy) is 1. The van der Waals surface area contributed by atoms with E-state index in [1.807, 2.05) is 25.7 Å². The molecule has 2 rings (SSSR count). The highest BCUT2D eigenvalue weighted by Crippen LogP contribution is 2.36. The van der Waals surface area contributed by atoms with Crippen molar-refractivity contribution in [2.75, 3.05) is 20.1 Å². The fourth-order valence-corrected chi connectivity index (χ4v) is 3.41. The summed E-state index contributed by atoms with van der Waals surface area (Å²) >= 11 is 0. The molecule has 2 amide bonds. The van der Waals surface area contributed by atoms with E-state index in [0.29, 0.717) is 12.0 Å². The van der Waals surface area contributed by atoms with Crippen LogP contribution in [0.2, 0.25) is 0 Å². The van der Waals surface area contributed by atoms with Crippen molar-refractivity contribution in [2.45, 2.75) is 64.5 Å². The molecule has 1 heterocycles. The fraction of sp³-hybridized carbons (Fsp3) is 0.875. The van der Waals surface area contributed by atoms with E-state index < -0.39 is 11.7 Å². The zero-order valence-corrected chi connectivity index (χ0v) is 13.7. The van der Waals surface area contributed by atoms with Gasteiger partial charge in [-0.25, -0.2) is 4.79 Å². The Balaban J connectivity index is 1.87. The summed E-state index contributed by atoms with van der Waals surface area (Å²) in [6.45, 7) is 6.43. The minimum Gasteiger partial charge on any atom is -0.444 e. The quantitative estimate of drug-likeness (QED) is 0.787. The molecule has 2 fully saturated rings. The molecular formula is C16H28N2O3. The van der Waals surface area contributed by atoms with E-state index in [0.717, 1.165) is 19.4 Å². The van der Waals surface area contributed by atoms with Crippen molar-refractivity contribution >= 4 is 12.0 Å². The Morgan fingerprint density at radius 1 is 1.19 bits per heavy atom. The van der Waals surface area contributed by atoms with Crippen LogP contribution in [0.25, 0.3) is 0 Å². The number of rotatable bonds is 2. The number of likely N-dealkylation sites (N-methyl/N-ethyl adjacent to an activating group) is 1. The van der Waals surface area contributed by atoms with Crippen LogP contribution in [-0.4, -0.2) is 53.6 Å². The number of carbonyl (C=O) groups is 2. The average Bonchev–Trinajstić information content (AvgIpc) is 2.80. The molecule has 2 aliphatic rings. The van der Waals surface area contributed by atoms with Gasteiger partial charge in [-0.2, -0.15) is 0 Å². The number of nitrogens with zero attached hydrogens (tertiary/aromatic N) is 2. The van der Waals surface area contributed by atoms with Gasteiger partial charge in [-0.1, -0.05) is 12.8 Å². The van der Waals surface area contributed by atoms with Gasteiger partial charge in [0, 0.05) is 19.6 Å². The predicted octanol–water partition coefficient (Wildman–Crippen LogP) is 2.64. The van der Waals surface area contributed by atoms with E-state index in [-0.39, 0.29) is 12.5 Å². The summed E-state index contributed by atoms with van der Waals surface area (Å²) in [6, 6.07) is 0.401. The third kappa shape index (κ3) is 4.11. The summed E-state index contributed by atoms with van der Waals surface area (Å²) in [7, 11) is 1.63. The van der Waals surface area contributed by atoms with Gasteiger partial charge in [0.15, 0.2) is 0 Å². The van der Waals surface area contributed by atoms with Crippen molar-refractivity contribution in [3.05, 3.63) is 0 Å². The van der Waals surface area contributed by atoms with Crippen LogP contribution in [-0.2, 0) is 9.53 Å². The molecule has 0 N–H and O–H groups in total. The van der Waals surface area contributed by atoms with Gasteiger partial charge in [-0.15, -0.1) is 0 Å².